The van der Waals surface area contributed by atoms with E-state index in [0.29, 0.717) is 35.9 Å². The van der Waals surface area contributed by atoms with Crippen LogP contribution in [0.2, 0.25) is 0 Å². The van der Waals surface area contributed by atoms with Crippen molar-refractivity contribution >= 4 is 22.7 Å². The second kappa shape index (κ2) is 11.8. The Hall–Kier alpha value is -4.40. The predicted molar refractivity (Wildman–Crippen MR) is 138 cm³/mol. The van der Waals surface area contributed by atoms with Gasteiger partial charge in [0.1, 0.15) is 0 Å². The highest BCUT2D eigenvalue weighted by Gasteiger charge is 2.29. The van der Waals surface area contributed by atoms with Gasteiger partial charge in [-0.1, -0.05) is 42.5 Å². The van der Waals surface area contributed by atoms with E-state index >= 15 is 0 Å². The number of halogens is 3. The Morgan fingerprint density at radius 2 is 1.63 bits per heavy atom. The molecule has 38 heavy (non-hydrogen) atoms. The van der Waals surface area contributed by atoms with Crippen molar-refractivity contribution in [2.75, 3.05) is 0 Å². The molecule has 0 aliphatic rings. The molecule has 0 aliphatic heterocycles. The van der Waals surface area contributed by atoms with E-state index in [4.69, 9.17) is 4.98 Å². The molecule has 0 saturated carbocycles. The SMILES string of the molecule is O=NC(=O)CCCCc1cc2cc(C(=O)NCc3ccc(C(F)(F)F)cc3)ccc2nc1-c1ccccc1. The number of rotatable bonds is 9. The van der Waals surface area contributed by atoms with Gasteiger partial charge in [0.25, 0.3) is 11.8 Å². The zero-order valence-electron chi connectivity index (χ0n) is 20.3. The minimum absolute atomic E-state index is 0.0832. The number of alkyl halides is 3. The van der Waals surface area contributed by atoms with E-state index < -0.39 is 17.6 Å². The summed E-state index contributed by atoms with van der Waals surface area (Å²) in [5, 5.41) is 5.93. The minimum Gasteiger partial charge on any atom is -0.348 e. The van der Waals surface area contributed by atoms with Gasteiger partial charge in [-0.15, -0.1) is 4.91 Å². The predicted octanol–water partition coefficient (Wildman–Crippen LogP) is 6.86. The number of benzene rings is 3. The van der Waals surface area contributed by atoms with Gasteiger partial charge in [-0.05, 0) is 66.8 Å². The highest BCUT2D eigenvalue weighted by molar-refractivity contribution is 5.98. The fraction of sp³-hybridized carbons (Fsp3) is 0.207. The van der Waals surface area contributed by atoms with E-state index in [1.54, 1.807) is 18.2 Å². The standard InChI is InChI=1S/C29H24F3N3O3/c30-29(31,32)24-13-10-19(11-14-24)18-33-28(37)22-12-15-25-23(17-22)16-21(8-4-5-9-26(36)35-38)27(34-25)20-6-2-1-3-7-20/h1-3,6-7,10-17H,4-5,8-9,18H2,(H,33,37). The second-order valence-electron chi connectivity index (χ2n) is 8.84. The van der Waals surface area contributed by atoms with Crippen molar-refractivity contribution in [1.82, 2.24) is 10.3 Å². The number of nitroso groups, excluding NO2 is 1. The van der Waals surface area contributed by atoms with E-state index in [1.165, 1.54) is 12.1 Å². The monoisotopic (exact) mass is 519 g/mol. The van der Waals surface area contributed by atoms with Crippen LogP contribution in [0.25, 0.3) is 22.2 Å². The maximum Gasteiger partial charge on any atom is 0.416 e. The molecule has 4 aromatic rings. The lowest BCUT2D eigenvalue weighted by Crippen LogP contribution is -2.22. The number of carbonyl (C=O) groups is 2. The second-order valence-corrected chi connectivity index (χ2v) is 8.84. The largest absolute Gasteiger partial charge is 0.416 e. The van der Waals surface area contributed by atoms with Gasteiger partial charge in [-0.2, -0.15) is 13.2 Å². The van der Waals surface area contributed by atoms with Gasteiger partial charge in [0.2, 0.25) is 0 Å². The van der Waals surface area contributed by atoms with Gasteiger partial charge in [-0.25, -0.2) is 4.98 Å². The number of fused-ring (bicyclic) bond motifs is 1. The molecule has 1 aromatic heterocycles. The lowest BCUT2D eigenvalue weighted by molar-refractivity contribution is -0.137. The Bertz CT molecular complexity index is 1450. The van der Waals surface area contributed by atoms with Crippen molar-refractivity contribution in [3.63, 3.8) is 0 Å². The van der Waals surface area contributed by atoms with E-state index in [0.717, 1.165) is 34.3 Å². The average Bonchev–Trinajstić information content (AvgIpc) is 2.93. The smallest absolute Gasteiger partial charge is 0.348 e. The summed E-state index contributed by atoms with van der Waals surface area (Å²) in [5.41, 5.74) is 3.59. The molecule has 0 fully saturated rings. The highest BCUT2D eigenvalue weighted by atomic mass is 19.4. The first-order chi connectivity index (χ1) is 18.2. The molecule has 1 N–H and O–H groups in total. The van der Waals surface area contributed by atoms with Crippen LogP contribution in [0.15, 0.2) is 84.0 Å². The number of amides is 2. The Morgan fingerprint density at radius 3 is 2.32 bits per heavy atom. The van der Waals surface area contributed by atoms with Gasteiger partial charge >= 0.3 is 6.18 Å². The lowest BCUT2D eigenvalue weighted by atomic mass is 9.98. The number of carbonyl (C=O) groups excluding carboxylic acids is 2. The third-order valence-electron chi connectivity index (χ3n) is 6.13. The van der Waals surface area contributed by atoms with Crippen molar-refractivity contribution in [3.05, 3.63) is 106 Å². The van der Waals surface area contributed by atoms with Crippen LogP contribution in [-0.4, -0.2) is 16.8 Å². The molecule has 0 spiro atoms. The molecule has 0 bridgehead atoms. The molecule has 4 rings (SSSR count). The minimum atomic E-state index is -4.41. The summed E-state index contributed by atoms with van der Waals surface area (Å²) in [6.45, 7) is 0.0832. The Labute approximate surface area is 216 Å². The summed E-state index contributed by atoms with van der Waals surface area (Å²) < 4.78 is 38.3. The fourth-order valence-corrected chi connectivity index (χ4v) is 4.13. The molecule has 9 heteroatoms. The van der Waals surface area contributed by atoms with E-state index in [2.05, 4.69) is 10.5 Å². The summed E-state index contributed by atoms with van der Waals surface area (Å²) in [7, 11) is 0. The molecule has 194 valence electrons. The molecule has 0 aliphatic carbocycles. The first-order valence-corrected chi connectivity index (χ1v) is 12.0. The number of aryl methyl sites for hydroxylation is 1. The number of hydrogen-bond acceptors (Lipinski definition) is 4. The Balaban J connectivity index is 1.53. The van der Waals surface area contributed by atoms with Gasteiger partial charge in [0, 0.05) is 34.7 Å². The Kier molecular flexibility index (Phi) is 8.25. The summed E-state index contributed by atoms with van der Waals surface area (Å²) in [6.07, 6.45) is -2.53. The van der Waals surface area contributed by atoms with Gasteiger partial charge in [-0.3, -0.25) is 9.59 Å². The van der Waals surface area contributed by atoms with Gasteiger partial charge in [0.15, 0.2) is 0 Å². The molecule has 6 nitrogen and oxygen atoms in total. The first-order valence-electron chi connectivity index (χ1n) is 12.0. The number of unbranched alkanes of at least 4 members (excludes halogenated alkanes) is 1. The maximum atomic E-state index is 12.8. The molecule has 1 heterocycles. The molecular weight excluding hydrogens is 495 g/mol. The topological polar surface area (TPSA) is 88.5 Å². The summed E-state index contributed by atoms with van der Waals surface area (Å²) >= 11 is 0. The number of nitrogens with zero attached hydrogens (tertiary/aromatic N) is 2. The van der Waals surface area contributed by atoms with Crippen molar-refractivity contribution in [1.29, 1.82) is 0 Å². The first kappa shape index (κ1) is 26.7. The normalized spacial score (nSPS) is 11.3. The van der Waals surface area contributed by atoms with Crippen LogP contribution in [0, 0.1) is 4.91 Å². The average molecular weight is 520 g/mol. The van der Waals surface area contributed by atoms with Crippen LogP contribution in [0.3, 0.4) is 0 Å². The van der Waals surface area contributed by atoms with E-state index in [9.17, 15) is 27.7 Å². The lowest BCUT2D eigenvalue weighted by Gasteiger charge is -2.12. The maximum absolute atomic E-state index is 12.8. The summed E-state index contributed by atoms with van der Waals surface area (Å²) in [6, 6.07) is 21.4. The zero-order valence-corrected chi connectivity index (χ0v) is 20.3. The molecule has 0 radical (unpaired) electrons. The molecule has 3 aromatic carbocycles. The van der Waals surface area contributed by atoms with Crippen molar-refractivity contribution in [2.45, 2.75) is 38.4 Å². The number of aromatic nitrogens is 1. The van der Waals surface area contributed by atoms with Crippen LogP contribution in [0.1, 0.15) is 46.3 Å². The van der Waals surface area contributed by atoms with Crippen molar-refractivity contribution in [3.8, 4) is 11.3 Å². The summed E-state index contributed by atoms with van der Waals surface area (Å²) in [5.74, 6) is -1.03. The number of nitrogens with one attached hydrogen (secondary N) is 1. The van der Waals surface area contributed by atoms with E-state index in [-0.39, 0.29) is 18.9 Å². The van der Waals surface area contributed by atoms with Crippen LogP contribution in [0.5, 0.6) is 0 Å². The molecular formula is C29H24F3N3O3. The van der Waals surface area contributed by atoms with Gasteiger partial charge < -0.3 is 5.32 Å². The quantitative estimate of drug-likeness (QED) is 0.193. The van der Waals surface area contributed by atoms with Crippen molar-refractivity contribution < 1.29 is 22.8 Å². The molecule has 2 amide bonds. The fourth-order valence-electron chi connectivity index (χ4n) is 4.13. The van der Waals surface area contributed by atoms with Crippen molar-refractivity contribution in [2.24, 2.45) is 5.18 Å². The zero-order chi connectivity index (χ0) is 27.1. The molecule has 0 unspecified atom stereocenters. The third kappa shape index (κ3) is 6.67. The molecule has 0 atom stereocenters. The number of pyridine rings is 1. The number of hydrogen-bond donors (Lipinski definition) is 1. The Morgan fingerprint density at radius 1 is 0.895 bits per heavy atom. The summed E-state index contributed by atoms with van der Waals surface area (Å²) in [4.78, 5) is 39.2. The highest BCUT2D eigenvalue weighted by Crippen LogP contribution is 2.30. The van der Waals surface area contributed by atoms with Crippen LogP contribution < -0.4 is 5.32 Å². The van der Waals surface area contributed by atoms with E-state index in [1.807, 2.05) is 36.4 Å². The van der Waals surface area contributed by atoms with Gasteiger partial charge in [0.05, 0.1) is 16.8 Å². The third-order valence-corrected chi connectivity index (χ3v) is 6.13. The van der Waals surface area contributed by atoms with Crippen LogP contribution in [-0.2, 0) is 23.9 Å². The molecule has 0 saturated heterocycles. The van der Waals surface area contributed by atoms with Crippen LogP contribution in [0.4, 0.5) is 13.2 Å². The van der Waals surface area contributed by atoms with Crippen LogP contribution >= 0.6 is 0 Å².